The summed E-state index contributed by atoms with van der Waals surface area (Å²) in [4.78, 5) is 6.83. The standard InChI is InChI=1S/C14H30N4/c1-4-6-7-10-16-14(15-3)17-12-13-9-8-11-18(13)5-2/h13H,4-12H2,1-3H3,(H2,15,16,17). The van der Waals surface area contributed by atoms with Crippen molar-refractivity contribution in [1.29, 1.82) is 0 Å². The van der Waals surface area contributed by atoms with E-state index >= 15 is 0 Å². The zero-order valence-electron chi connectivity index (χ0n) is 12.3. The lowest BCUT2D eigenvalue weighted by Crippen LogP contribution is -2.45. The molecule has 4 heteroatoms. The highest BCUT2D eigenvalue weighted by Crippen LogP contribution is 2.15. The molecule has 0 aliphatic carbocycles. The van der Waals surface area contributed by atoms with Gasteiger partial charge in [0.25, 0.3) is 0 Å². The average Bonchev–Trinajstić information content (AvgIpc) is 2.85. The largest absolute Gasteiger partial charge is 0.356 e. The summed E-state index contributed by atoms with van der Waals surface area (Å²) in [7, 11) is 1.85. The minimum atomic E-state index is 0.684. The van der Waals surface area contributed by atoms with Gasteiger partial charge in [-0.05, 0) is 32.4 Å². The maximum atomic E-state index is 4.27. The highest BCUT2D eigenvalue weighted by Gasteiger charge is 2.22. The number of guanidine groups is 1. The van der Waals surface area contributed by atoms with Crippen molar-refractivity contribution in [2.75, 3.05) is 33.2 Å². The van der Waals surface area contributed by atoms with Crippen LogP contribution in [0.1, 0.15) is 46.0 Å². The first-order valence-corrected chi connectivity index (χ1v) is 7.50. The van der Waals surface area contributed by atoms with Crippen molar-refractivity contribution in [3.8, 4) is 0 Å². The van der Waals surface area contributed by atoms with E-state index in [9.17, 15) is 0 Å². The Morgan fingerprint density at radius 2 is 2.11 bits per heavy atom. The number of nitrogens with one attached hydrogen (secondary N) is 2. The van der Waals surface area contributed by atoms with Gasteiger partial charge in [0.05, 0.1) is 0 Å². The summed E-state index contributed by atoms with van der Waals surface area (Å²) in [5.41, 5.74) is 0. The molecule has 0 bridgehead atoms. The zero-order valence-corrected chi connectivity index (χ0v) is 12.3. The van der Waals surface area contributed by atoms with E-state index in [4.69, 9.17) is 0 Å². The highest BCUT2D eigenvalue weighted by atomic mass is 15.2. The number of nitrogens with zero attached hydrogens (tertiary/aromatic N) is 2. The van der Waals surface area contributed by atoms with E-state index in [2.05, 4.69) is 34.4 Å². The zero-order chi connectivity index (χ0) is 13.2. The van der Waals surface area contributed by atoms with E-state index < -0.39 is 0 Å². The van der Waals surface area contributed by atoms with Crippen molar-refractivity contribution in [1.82, 2.24) is 15.5 Å². The average molecular weight is 254 g/mol. The molecule has 0 aromatic heterocycles. The first kappa shape index (κ1) is 15.3. The third-order valence-corrected chi connectivity index (χ3v) is 3.71. The number of likely N-dealkylation sites (N-methyl/N-ethyl adjacent to an activating group) is 1. The SMILES string of the molecule is CCCCCNC(=NC)NCC1CCCN1CC. The summed E-state index contributed by atoms with van der Waals surface area (Å²) in [5, 5.41) is 6.83. The molecule has 1 aliphatic rings. The molecule has 18 heavy (non-hydrogen) atoms. The number of hydrogen-bond donors (Lipinski definition) is 2. The lowest BCUT2D eigenvalue weighted by molar-refractivity contribution is 0.267. The smallest absolute Gasteiger partial charge is 0.191 e. The molecule has 0 amide bonds. The van der Waals surface area contributed by atoms with Gasteiger partial charge in [-0.15, -0.1) is 0 Å². The number of hydrogen-bond acceptors (Lipinski definition) is 2. The Morgan fingerprint density at radius 3 is 2.78 bits per heavy atom. The molecule has 1 fully saturated rings. The van der Waals surface area contributed by atoms with Crippen molar-refractivity contribution in [3.05, 3.63) is 0 Å². The molecule has 0 saturated carbocycles. The number of unbranched alkanes of at least 4 members (excludes halogenated alkanes) is 2. The van der Waals surface area contributed by atoms with Crippen molar-refractivity contribution in [2.45, 2.75) is 52.0 Å². The van der Waals surface area contributed by atoms with Gasteiger partial charge in [0.15, 0.2) is 5.96 Å². The summed E-state index contributed by atoms with van der Waals surface area (Å²) < 4.78 is 0. The van der Waals surface area contributed by atoms with Crippen molar-refractivity contribution >= 4 is 5.96 Å². The van der Waals surface area contributed by atoms with Crippen LogP contribution < -0.4 is 10.6 Å². The van der Waals surface area contributed by atoms with Gasteiger partial charge in [-0.1, -0.05) is 26.7 Å². The Kier molecular flexibility index (Phi) is 7.81. The second-order valence-corrected chi connectivity index (χ2v) is 5.01. The lowest BCUT2D eigenvalue weighted by Gasteiger charge is -2.23. The predicted molar refractivity (Wildman–Crippen MR) is 79.2 cm³/mol. The van der Waals surface area contributed by atoms with Gasteiger partial charge in [0.1, 0.15) is 0 Å². The number of rotatable bonds is 7. The van der Waals surface area contributed by atoms with Gasteiger partial charge in [-0.25, -0.2) is 0 Å². The fourth-order valence-electron chi connectivity index (χ4n) is 2.56. The fourth-order valence-corrected chi connectivity index (χ4v) is 2.56. The van der Waals surface area contributed by atoms with E-state index in [0.717, 1.165) is 25.6 Å². The minimum Gasteiger partial charge on any atom is -0.356 e. The van der Waals surface area contributed by atoms with Gasteiger partial charge < -0.3 is 10.6 Å². The number of aliphatic imine (C=N–C) groups is 1. The van der Waals surface area contributed by atoms with Crippen molar-refractivity contribution in [2.24, 2.45) is 4.99 Å². The monoisotopic (exact) mass is 254 g/mol. The van der Waals surface area contributed by atoms with E-state index in [-0.39, 0.29) is 0 Å². The summed E-state index contributed by atoms with van der Waals surface area (Å²) in [6, 6.07) is 0.684. The topological polar surface area (TPSA) is 39.7 Å². The van der Waals surface area contributed by atoms with E-state index in [1.807, 2.05) is 7.05 Å². The maximum Gasteiger partial charge on any atom is 0.191 e. The van der Waals surface area contributed by atoms with Gasteiger partial charge in [-0.3, -0.25) is 9.89 Å². The first-order chi connectivity index (χ1) is 8.81. The van der Waals surface area contributed by atoms with Crippen LogP contribution in [0, 0.1) is 0 Å². The van der Waals surface area contributed by atoms with Crippen LogP contribution in [0.5, 0.6) is 0 Å². The summed E-state index contributed by atoms with van der Waals surface area (Å²) in [5.74, 6) is 0.953. The van der Waals surface area contributed by atoms with E-state index in [0.29, 0.717) is 6.04 Å². The molecule has 1 aliphatic heterocycles. The molecule has 1 atom stereocenters. The van der Waals surface area contributed by atoms with Crippen LogP contribution in [0.2, 0.25) is 0 Å². The van der Waals surface area contributed by atoms with Crippen molar-refractivity contribution < 1.29 is 0 Å². The summed E-state index contributed by atoms with van der Waals surface area (Å²) in [6.07, 6.45) is 6.43. The molecule has 0 aromatic rings. The Balaban J connectivity index is 2.18. The molecule has 1 saturated heterocycles. The van der Waals surface area contributed by atoms with Crippen LogP contribution in [0.15, 0.2) is 4.99 Å². The Hall–Kier alpha value is -0.770. The Bertz CT molecular complexity index is 240. The van der Waals surface area contributed by atoms with Crippen LogP contribution in [0.3, 0.4) is 0 Å². The van der Waals surface area contributed by atoms with Gasteiger partial charge in [-0.2, -0.15) is 0 Å². The fraction of sp³-hybridized carbons (Fsp3) is 0.929. The molecule has 106 valence electrons. The second-order valence-electron chi connectivity index (χ2n) is 5.01. The quantitative estimate of drug-likeness (QED) is 0.414. The Morgan fingerprint density at radius 1 is 1.28 bits per heavy atom. The molecular formula is C14H30N4. The van der Waals surface area contributed by atoms with Crippen LogP contribution in [-0.4, -0.2) is 50.1 Å². The van der Waals surface area contributed by atoms with Crippen LogP contribution >= 0.6 is 0 Å². The van der Waals surface area contributed by atoms with Crippen LogP contribution in [0.25, 0.3) is 0 Å². The molecule has 0 radical (unpaired) electrons. The molecule has 1 heterocycles. The highest BCUT2D eigenvalue weighted by molar-refractivity contribution is 5.79. The third-order valence-electron chi connectivity index (χ3n) is 3.71. The van der Waals surface area contributed by atoms with Crippen LogP contribution in [0.4, 0.5) is 0 Å². The maximum absolute atomic E-state index is 4.27. The second kappa shape index (κ2) is 9.20. The summed E-state index contributed by atoms with van der Waals surface area (Å²) >= 11 is 0. The van der Waals surface area contributed by atoms with Gasteiger partial charge in [0.2, 0.25) is 0 Å². The lowest BCUT2D eigenvalue weighted by atomic mass is 10.2. The molecule has 4 nitrogen and oxygen atoms in total. The van der Waals surface area contributed by atoms with Gasteiger partial charge >= 0.3 is 0 Å². The Labute approximate surface area is 112 Å². The molecule has 2 N–H and O–H groups in total. The predicted octanol–water partition coefficient (Wildman–Crippen LogP) is 1.83. The van der Waals surface area contributed by atoms with Crippen LogP contribution in [-0.2, 0) is 0 Å². The third kappa shape index (κ3) is 5.25. The molecule has 0 spiro atoms. The van der Waals surface area contributed by atoms with E-state index in [1.165, 1.54) is 38.6 Å². The number of likely N-dealkylation sites (tertiary alicyclic amines) is 1. The summed E-state index contributed by atoms with van der Waals surface area (Å²) in [6.45, 7) is 8.93. The molecule has 1 rings (SSSR count). The van der Waals surface area contributed by atoms with Crippen molar-refractivity contribution in [3.63, 3.8) is 0 Å². The molecule has 1 unspecified atom stereocenters. The van der Waals surface area contributed by atoms with E-state index in [1.54, 1.807) is 0 Å². The molecule has 0 aromatic carbocycles. The van der Waals surface area contributed by atoms with Gasteiger partial charge in [0, 0.05) is 26.2 Å². The first-order valence-electron chi connectivity index (χ1n) is 7.50. The molecular weight excluding hydrogens is 224 g/mol. The normalized spacial score (nSPS) is 21.3. The minimum absolute atomic E-state index is 0.684.